The summed E-state index contributed by atoms with van der Waals surface area (Å²) >= 11 is 0. The summed E-state index contributed by atoms with van der Waals surface area (Å²) < 4.78 is 11.1. The van der Waals surface area contributed by atoms with E-state index < -0.39 is 6.29 Å². The molecule has 0 atom stereocenters. The first-order valence-electron chi connectivity index (χ1n) is 11.6. The van der Waals surface area contributed by atoms with E-state index in [9.17, 15) is 0 Å². The number of benzene rings is 3. The van der Waals surface area contributed by atoms with Gasteiger partial charge in [0.05, 0.1) is 6.61 Å². The van der Waals surface area contributed by atoms with Crippen LogP contribution in [0.15, 0.2) is 71.3 Å². The third-order valence-electron chi connectivity index (χ3n) is 5.96. The van der Waals surface area contributed by atoms with Crippen LogP contribution in [0.4, 0.5) is 0 Å². The van der Waals surface area contributed by atoms with E-state index >= 15 is 0 Å². The molecular weight excluding hydrogens is 442 g/mol. The minimum atomic E-state index is -1.33. The third-order valence-corrected chi connectivity index (χ3v) is 5.96. The quantitative estimate of drug-likeness (QED) is 0.332. The number of hydrogen-bond acceptors (Lipinski definition) is 7. The van der Waals surface area contributed by atoms with Crippen LogP contribution in [0, 0.1) is 6.92 Å². The first kappa shape index (κ1) is 24.8. The number of nitrogens with zero attached hydrogens (tertiary/aromatic N) is 3. The number of aryl methyl sites for hydroxylation is 1. The first-order valence-corrected chi connectivity index (χ1v) is 11.6. The summed E-state index contributed by atoms with van der Waals surface area (Å²) in [5.74, 6) is 0.980. The molecule has 4 rings (SSSR count). The van der Waals surface area contributed by atoms with Crippen LogP contribution < -0.4 is 0 Å². The van der Waals surface area contributed by atoms with Gasteiger partial charge in [0.15, 0.2) is 6.29 Å². The molecule has 0 aliphatic heterocycles. The molecule has 7 nitrogen and oxygen atoms in total. The van der Waals surface area contributed by atoms with Gasteiger partial charge in [-0.3, -0.25) is 0 Å². The maximum atomic E-state index is 9.12. The fourth-order valence-electron chi connectivity index (χ4n) is 4.15. The summed E-state index contributed by atoms with van der Waals surface area (Å²) in [5.41, 5.74) is 7.38. The smallest absolute Gasteiger partial charge is 0.258 e. The van der Waals surface area contributed by atoms with Gasteiger partial charge in [-0.05, 0) is 66.4 Å². The van der Waals surface area contributed by atoms with E-state index in [1.807, 2.05) is 60.5 Å². The van der Waals surface area contributed by atoms with E-state index in [1.165, 1.54) is 11.1 Å². The molecule has 0 saturated heterocycles. The molecule has 35 heavy (non-hydrogen) atoms. The lowest BCUT2D eigenvalue weighted by atomic mass is 9.94. The van der Waals surface area contributed by atoms with Gasteiger partial charge < -0.3 is 24.4 Å². The van der Waals surface area contributed by atoms with Crippen molar-refractivity contribution in [2.45, 2.75) is 26.2 Å². The highest BCUT2D eigenvalue weighted by molar-refractivity contribution is 5.74. The van der Waals surface area contributed by atoms with Gasteiger partial charge in [0, 0.05) is 31.3 Å². The van der Waals surface area contributed by atoms with E-state index in [2.05, 4.69) is 35.3 Å². The van der Waals surface area contributed by atoms with Crippen molar-refractivity contribution in [2.24, 2.45) is 0 Å². The Kier molecular flexibility index (Phi) is 8.05. The highest BCUT2D eigenvalue weighted by Gasteiger charge is 2.15. The highest BCUT2D eigenvalue weighted by atomic mass is 16.5. The zero-order chi connectivity index (χ0) is 24.8. The van der Waals surface area contributed by atoms with Crippen LogP contribution in [-0.4, -0.2) is 58.8 Å². The molecule has 4 aromatic rings. The van der Waals surface area contributed by atoms with E-state index in [-0.39, 0.29) is 6.54 Å². The molecule has 0 unspecified atom stereocenters. The Labute approximate surface area is 205 Å². The zero-order valence-electron chi connectivity index (χ0n) is 20.3. The zero-order valence-corrected chi connectivity index (χ0v) is 20.3. The Morgan fingerprint density at radius 2 is 1.80 bits per heavy atom. The molecular formula is C28H31N3O4. The Hall–Kier alpha value is -3.36. The number of aliphatic hydroxyl groups excluding tert-OH is 1. The molecule has 0 spiro atoms. The third kappa shape index (κ3) is 6.21. The van der Waals surface area contributed by atoms with Gasteiger partial charge in [0.25, 0.3) is 5.89 Å². The van der Waals surface area contributed by atoms with Gasteiger partial charge in [-0.15, -0.1) is 0 Å². The molecule has 0 aliphatic rings. The molecule has 0 aliphatic carbocycles. The number of hydrogen-bond donors (Lipinski definition) is 2. The fraction of sp³-hybridized carbons (Fsp3) is 0.286. The van der Waals surface area contributed by atoms with Gasteiger partial charge in [-0.25, -0.2) is 0 Å². The van der Waals surface area contributed by atoms with Crippen molar-refractivity contribution in [3.63, 3.8) is 0 Å². The molecule has 7 heteroatoms. The molecule has 182 valence electrons. The van der Waals surface area contributed by atoms with Crippen molar-refractivity contribution in [2.75, 3.05) is 27.2 Å². The second kappa shape index (κ2) is 11.4. The highest BCUT2D eigenvalue weighted by Crippen LogP contribution is 2.31. The Bertz CT molecular complexity index is 1270. The minimum Gasteiger partial charge on any atom is -0.380 e. The monoisotopic (exact) mass is 473 g/mol. The lowest BCUT2D eigenvalue weighted by Crippen LogP contribution is -2.30. The summed E-state index contributed by atoms with van der Waals surface area (Å²) in [5, 5.41) is 22.5. The largest absolute Gasteiger partial charge is 0.380 e. The molecule has 3 aromatic carbocycles. The van der Waals surface area contributed by atoms with E-state index in [0.29, 0.717) is 24.9 Å². The first-order chi connectivity index (χ1) is 16.9. The van der Waals surface area contributed by atoms with Crippen LogP contribution in [0.5, 0.6) is 0 Å². The molecule has 0 amide bonds. The van der Waals surface area contributed by atoms with Gasteiger partial charge in [-0.2, -0.15) is 4.98 Å². The lowest BCUT2D eigenvalue weighted by molar-refractivity contribution is -0.0570. The van der Waals surface area contributed by atoms with Crippen LogP contribution in [0.2, 0.25) is 0 Å². The molecule has 1 aromatic heterocycles. The number of rotatable bonds is 10. The van der Waals surface area contributed by atoms with Gasteiger partial charge in [0.1, 0.15) is 0 Å². The molecule has 0 fully saturated rings. The predicted octanol–water partition coefficient (Wildman–Crippen LogP) is 4.31. The summed E-state index contributed by atoms with van der Waals surface area (Å²) in [6, 6.07) is 22.4. The normalized spacial score (nSPS) is 11.5. The van der Waals surface area contributed by atoms with Crippen LogP contribution in [-0.2, 0) is 17.8 Å². The second-order valence-electron chi connectivity index (χ2n) is 8.74. The van der Waals surface area contributed by atoms with Crippen LogP contribution in [0.1, 0.15) is 16.7 Å². The number of ether oxygens (including phenoxy) is 1. The molecule has 0 radical (unpaired) electrons. The molecule has 0 saturated carbocycles. The summed E-state index contributed by atoms with van der Waals surface area (Å²) in [6.45, 7) is 3.49. The molecule has 2 N–H and O–H groups in total. The lowest BCUT2D eigenvalue weighted by Gasteiger charge is -2.17. The number of likely N-dealkylation sites (N-methyl/N-ethyl adjacent to an activating group) is 1. The Morgan fingerprint density at radius 1 is 0.971 bits per heavy atom. The van der Waals surface area contributed by atoms with Crippen molar-refractivity contribution in [3.8, 4) is 34.0 Å². The minimum absolute atomic E-state index is 0.210. The molecule has 1 heterocycles. The summed E-state index contributed by atoms with van der Waals surface area (Å²) in [6.07, 6.45) is -0.568. The topological polar surface area (TPSA) is 91.9 Å². The fourth-order valence-corrected chi connectivity index (χ4v) is 4.15. The molecule has 0 bridgehead atoms. The van der Waals surface area contributed by atoms with Crippen LogP contribution in [0.25, 0.3) is 34.0 Å². The van der Waals surface area contributed by atoms with E-state index in [4.69, 9.17) is 19.5 Å². The SMILES string of the molecule is COCc1cc(-c2nc(-c3cccc(CCN(C)CC(O)O)c3)no2)ccc1-c1ccccc1C. The van der Waals surface area contributed by atoms with Crippen LogP contribution >= 0.6 is 0 Å². The maximum absolute atomic E-state index is 9.12. The van der Waals surface area contributed by atoms with Gasteiger partial charge >= 0.3 is 0 Å². The summed E-state index contributed by atoms with van der Waals surface area (Å²) in [4.78, 5) is 6.53. The van der Waals surface area contributed by atoms with Crippen molar-refractivity contribution < 1.29 is 19.5 Å². The number of aliphatic hydroxyl groups is 2. The Balaban J connectivity index is 1.56. The van der Waals surface area contributed by atoms with E-state index in [1.54, 1.807) is 7.11 Å². The van der Waals surface area contributed by atoms with Gasteiger partial charge in [0.2, 0.25) is 5.82 Å². The maximum Gasteiger partial charge on any atom is 0.258 e. The van der Waals surface area contributed by atoms with E-state index in [0.717, 1.165) is 34.2 Å². The number of aromatic nitrogens is 2. The average Bonchev–Trinajstić information content (AvgIpc) is 3.34. The predicted molar refractivity (Wildman–Crippen MR) is 135 cm³/mol. The number of methoxy groups -OCH3 is 1. The van der Waals surface area contributed by atoms with Crippen LogP contribution in [0.3, 0.4) is 0 Å². The Morgan fingerprint density at radius 3 is 2.57 bits per heavy atom. The van der Waals surface area contributed by atoms with Crippen molar-refractivity contribution in [1.29, 1.82) is 0 Å². The van der Waals surface area contributed by atoms with Gasteiger partial charge in [-0.1, -0.05) is 53.7 Å². The second-order valence-corrected chi connectivity index (χ2v) is 8.74. The standard InChI is InChI=1S/C28H31N3O4/c1-19-7-4-5-10-24(19)25-12-11-22(16-23(25)18-34-3)28-29-27(30-35-28)21-9-6-8-20(15-21)13-14-31(2)17-26(32)33/h4-12,15-16,26,32-33H,13-14,17-18H2,1-3H3. The average molecular weight is 474 g/mol. The van der Waals surface area contributed by atoms with Crippen molar-refractivity contribution in [1.82, 2.24) is 15.0 Å². The summed E-state index contributed by atoms with van der Waals surface area (Å²) in [7, 11) is 3.55. The van der Waals surface area contributed by atoms with Crippen molar-refractivity contribution in [3.05, 3.63) is 83.4 Å². The van der Waals surface area contributed by atoms with Crippen molar-refractivity contribution >= 4 is 0 Å².